The van der Waals surface area contributed by atoms with Gasteiger partial charge in [0.2, 0.25) is 5.91 Å². The van der Waals surface area contributed by atoms with E-state index in [1.54, 1.807) is 0 Å². The van der Waals surface area contributed by atoms with E-state index in [0.29, 0.717) is 6.54 Å². The molecule has 0 radical (unpaired) electrons. The Bertz CT molecular complexity index is 442. The molecule has 1 aliphatic carbocycles. The zero-order valence-corrected chi connectivity index (χ0v) is 12.3. The zero-order valence-electron chi connectivity index (χ0n) is 12.3. The van der Waals surface area contributed by atoms with Gasteiger partial charge in [0.15, 0.2) is 0 Å². The quantitative estimate of drug-likeness (QED) is 0.858. The van der Waals surface area contributed by atoms with E-state index in [1.807, 2.05) is 14.1 Å². The SMILES string of the molecule is CN(C)c1ccc(CCNC(=O)C2CCCC2O)cc1. The molecule has 2 unspecified atom stereocenters. The average Bonchev–Trinajstić information content (AvgIpc) is 2.85. The molecule has 1 amide bonds. The number of rotatable bonds is 5. The molecule has 0 saturated heterocycles. The van der Waals surface area contributed by atoms with Gasteiger partial charge in [0.1, 0.15) is 0 Å². The van der Waals surface area contributed by atoms with Gasteiger partial charge in [-0.3, -0.25) is 4.79 Å². The standard InChI is InChI=1S/C16H24N2O2/c1-18(2)13-8-6-12(7-9-13)10-11-17-16(20)14-4-3-5-15(14)19/h6-9,14-15,19H,3-5,10-11H2,1-2H3,(H,17,20). The number of carbonyl (C=O) groups is 1. The van der Waals surface area contributed by atoms with Crippen LogP contribution in [0.4, 0.5) is 5.69 Å². The Morgan fingerprint density at radius 2 is 2.00 bits per heavy atom. The van der Waals surface area contributed by atoms with E-state index in [-0.39, 0.29) is 11.8 Å². The number of aliphatic hydroxyl groups is 1. The fraction of sp³-hybridized carbons (Fsp3) is 0.562. The third-order valence-electron chi connectivity index (χ3n) is 3.98. The van der Waals surface area contributed by atoms with Crippen LogP contribution in [0.5, 0.6) is 0 Å². The molecule has 0 heterocycles. The van der Waals surface area contributed by atoms with Gasteiger partial charge in [-0.15, -0.1) is 0 Å². The molecular formula is C16H24N2O2. The highest BCUT2D eigenvalue weighted by Gasteiger charge is 2.30. The fourth-order valence-corrected chi connectivity index (χ4v) is 2.67. The van der Waals surface area contributed by atoms with Crippen molar-refractivity contribution in [1.29, 1.82) is 0 Å². The van der Waals surface area contributed by atoms with Crippen LogP contribution in [0.3, 0.4) is 0 Å². The molecule has 2 N–H and O–H groups in total. The van der Waals surface area contributed by atoms with Crippen molar-refractivity contribution < 1.29 is 9.90 Å². The maximum Gasteiger partial charge on any atom is 0.225 e. The van der Waals surface area contributed by atoms with E-state index >= 15 is 0 Å². The minimum atomic E-state index is -0.450. The topological polar surface area (TPSA) is 52.6 Å². The third kappa shape index (κ3) is 3.73. The van der Waals surface area contributed by atoms with Crippen molar-refractivity contribution in [3.05, 3.63) is 29.8 Å². The highest BCUT2D eigenvalue weighted by molar-refractivity contribution is 5.79. The Labute approximate surface area is 120 Å². The maximum absolute atomic E-state index is 11.9. The number of aliphatic hydroxyl groups excluding tert-OH is 1. The van der Waals surface area contributed by atoms with Gasteiger partial charge in [-0.25, -0.2) is 0 Å². The van der Waals surface area contributed by atoms with Crippen LogP contribution in [0.25, 0.3) is 0 Å². The first-order valence-corrected chi connectivity index (χ1v) is 7.30. The van der Waals surface area contributed by atoms with Crippen LogP contribution in [0.1, 0.15) is 24.8 Å². The summed E-state index contributed by atoms with van der Waals surface area (Å²) >= 11 is 0. The Balaban J connectivity index is 1.76. The van der Waals surface area contributed by atoms with Gasteiger partial charge >= 0.3 is 0 Å². The molecule has 4 nitrogen and oxygen atoms in total. The van der Waals surface area contributed by atoms with Crippen molar-refractivity contribution in [2.24, 2.45) is 5.92 Å². The van der Waals surface area contributed by atoms with Gasteiger partial charge in [-0.1, -0.05) is 12.1 Å². The maximum atomic E-state index is 11.9. The number of amides is 1. The normalized spacial score (nSPS) is 21.8. The molecule has 2 rings (SSSR count). The number of nitrogens with zero attached hydrogens (tertiary/aromatic N) is 1. The number of carbonyl (C=O) groups excluding carboxylic acids is 1. The van der Waals surface area contributed by atoms with Crippen molar-refractivity contribution >= 4 is 11.6 Å². The van der Waals surface area contributed by atoms with E-state index in [4.69, 9.17) is 0 Å². The molecule has 1 aliphatic rings. The smallest absolute Gasteiger partial charge is 0.225 e. The summed E-state index contributed by atoms with van der Waals surface area (Å²) in [6, 6.07) is 8.34. The van der Waals surface area contributed by atoms with Gasteiger partial charge in [-0.2, -0.15) is 0 Å². The highest BCUT2D eigenvalue weighted by atomic mass is 16.3. The summed E-state index contributed by atoms with van der Waals surface area (Å²) in [7, 11) is 4.03. The summed E-state index contributed by atoms with van der Waals surface area (Å²) < 4.78 is 0. The van der Waals surface area contributed by atoms with Gasteiger partial charge in [0, 0.05) is 26.3 Å². The van der Waals surface area contributed by atoms with Crippen molar-refractivity contribution in [2.75, 3.05) is 25.5 Å². The molecule has 0 aromatic heterocycles. The van der Waals surface area contributed by atoms with E-state index in [0.717, 1.165) is 25.7 Å². The third-order valence-corrected chi connectivity index (χ3v) is 3.98. The Morgan fingerprint density at radius 1 is 1.30 bits per heavy atom. The second-order valence-corrected chi connectivity index (χ2v) is 5.71. The predicted molar refractivity (Wildman–Crippen MR) is 80.8 cm³/mol. The molecule has 4 heteroatoms. The van der Waals surface area contributed by atoms with Crippen molar-refractivity contribution in [1.82, 2.24) is 5.32 Å². The molecule has 0 aliphatic heterocycles. The van der Waals surface area contributed by atoms with Crippen molar-refractivity contribution in [3.63, 3.8) is 0 Å². The first-order chi connectivity index (χ1) is 9.58. The minimum absolute atomic E-state index is 0.0000818. The molecule has 1 aromatic rings. The van der Waals surface area contributed by atoms with Crippen LogP contribution in [0.2, 0.25) is 0 Å². The van der Waals surface area contributed by atoms with Crippen LogP contribution in [-0.4, -0.2) is 37.8 Å². The lowest BCUT2D eigenvalue weighted by Crippen LogP contribution is -2.35. The molecule has 1 aromatic carbocycles. The van der Waals surface area contributed by atoms with Crippen molar-refractivity contribution in [3.8, 4) is 0 Å². The summed E-state index contributed by atoms with van der Waals surface area (Å²) in [6.45, 7) is 0.628. The van der Waals surface area contributed by atoms with Gasteiger partial charge in [-0.05, 0) is 43.4 Å². The summed E-state index contributed by atoms with van der Waals surface area (Å²) in [5.74, 6) is -0.203. The predicted octanol–water partition coefficient (Wildman–Crippen LogP) is 1.57. The second-order valence-electron chi connectivity index (χ2n) is 5.71. The second kappa shape index (κ2) is 6.75. The van der Waals surface area contributed by atoms with E-state index < -0.39 is 6.10 Å². The summed E-state index contributed by atoms with van der Waals surface area (Å²) in [5.41, 5.74) is 2.38. The lowest BCUT2D eigenvalue weighted by molar-refractivity contribution is -0.127. The molecular weight excluding hydrogens is 252 g/mol. The van der Waals surface area contributed by atoms with Gasteiger partial charge in [0.25, 0.3) is 0 Å². The molecule has 0 spiro atoms. The number of anilines is 1. The zero-order chi connectivity index (χ0) is 14.5. The lowest BCUT2D eigenvalue weighted by atomic mass is 10.1. The van der Waals surface area contributed by atoms with Gasteiger partial charge < -0.3 is 15.3 Å². The van der Waals surface area contributed by atoms with Gasteiger partial charge in [0.05, 0.1) is 12.0 Å². The monoisotopic (exact) mass is 276 g/mol. The molecule has 2 atom stereocenters. The number of hydrogen-bond acceptors (Lipinski definition) is 3. The lowest BCUT2D eigenvalue weighted by Gasteiger charge is -2.15. The summed E-state index contributed by atoms with van der Waals surface area (Å²) in [5, 5.41) is 12.6. The van der Waals surface area contributed by atoms with Crippen LogP contribution >= 0.6 is 0 Å². The van der Waals surface area contributed by atoms with Crippen LogP contribution < -0.4 is 10.2 Å². The van der Waals surface area contributed by atoms with Crippen molar-refractivity contribution in [2.45, 2.75) is 31.8 Å². The van der Waals surface area contributed by atoms with Crippen LogP contribution in [-0.2, 0) is 11.2 Å². The van der Waals surface area contributed by atoms with E-state index in [9.17, 15) is 9.90 Å². The largest absolute Gasteiger partial charge is 0.392 e. The van der Waals surface area contributed by atoms with E-state index in [2.05, 4.69) is 34.5 Å². The van der Waals surface area contributed by atoms with E-state index in [1.165, 1.54) is 11.3 Å². The molecule has 110 valence electrons. The Kier molecular flexibility index (Phi) is 5.01. The first kappa shape index (κ1) is 14.9. The highest BCUT2D eigenvalue weighted by Crippen LogP contribution is 2.25. The van der Waals surface area contributed by atoms with Crippen LogP contribution in [0, 0.1) is 5.92 Å². The molecule has 1 saturated carbocycles. The summed E-state index contributed by atoms with van der Waals surface area (Å²) in [4.78, 5) is 14.0. The number of nitrogens with one attached hydrogen (secondary N) is 1. The first-order valence-electron chi connectivity index (χ1n) is 7.30. The number of benzene rings is 1. The Hall–Kier alpha value is -1.55. The van der Waals surface area contributed by atoms with Crippen LogP contribution in [0.15, 0.2) is 24.3 Å². The molecule has 20 heavy (non-hydrogen) atoms. The minimum Gasteiger partial charge on any atom is -0.392 e. The fourth-order valence-electron chi connectivity index (χ4n) is 2.67. The molecule has 0 bridgehead atoms. The summed E-state index contributed by atoms with van der Waals surface area (Å²) in [6.07, 6.45) is 2.89. The average molecular weight is 276 g/mol. The molecule has 1 fully saturated rings. The Morgan fingerprint density at radius 3 is 2.55 bits per heavy atom. The number of hydrogen-bond donors (Lipinski definition) is 2.